The zero-order valence-electron chi connectivity index (χ0n) is 12.7. The molecule has 2 aromatic carbocycles. The lowest BCUT2D eigenvalue weighted by Crippen LogP contribution is -1.85. The van der Waals surface area contributed by atoms with Gasteiger partial charge in [-0.25, -0.2) is 0 Å². The first-order chi connectivity index (χ1) is 11.2. The molecule has 0 aliphatic rings. The smallest absolute Gasteiger partial charge is 0.236 e. The molecule has 0 fully saturated rings. The van der Waals surface area contributed by atoms with Gasteiger partial charge in [-0.1, -0.05) is 47.1 Å². The van der Waals surface area contributed by atoms with Crippen LogP contribution in [0.3, 0.4) is 0 Å². The molecule has 23 heavy (non-hydrogen) atoms. The Hall–Kier alpha value is -2.58. The Labute approximate surface area is 139 Å². The zero-order chi connectivity index (χ0) is 16.1. The third-order valence-electron chi connectivity index (χ3n) is 3.36. The monoisotopic (exact) mass is 321 g/mol. The third kappa shape index (κ3) is 3.99. The molecule has 4 nitrogen and oxygen atoms in total. The van der Waals surface area contributed by atoms with Crippen LogP contribution in [0.4, 0.5) is 0 Å². The van der Waals surface area contributed by atoms with Crippen LogP contribution in [0.25, 0.3) is 11.4 Å². The molecule has 1 heterocycles. The normalized spacial score (nSPS) is 10.4. The van der Waals surface area contributed by atoms with Gasteiger partial charge in [0.15, 0.2) is 0 Å². The highest BCUT2D eigenvalue weighted by atomic mass is 32.2. The first-order valence-electron chi connectivity index (χ1n) is 7.21. The van der Waals surface area contributed by atoms with E-state index in [9.17, 15) is 0 Å². The average molecular weight is 321 g/mol. The molecule has 3 aromatic rings. The van der Waals surface area contributed by atoms with E-state index in [1.54, 1.807) is 11.8 Å². The Bertz CT molecular complexity index is 817. The second kappa shape index (κ2) is 7.12. The first kappa shape index (κ1) is 15.3. The lowest BCUT2D eigenvalue weighted by atomic mass is 10.1. The van der Waals surface area contributed by atoms with Gasteiger partial charge in [0.2, 0.25) is 11.7 Å². The van der Waals surface area contributed by atoms with Gasteiger partial charge in [-0.3, -0.25) is 0 Å². The van der Waals surface area contributed by atoms with Crippen LogP contribution in [0.15, 0.2) is 53.1 Å². The molecule has 0 spiro atoms. The predicted octanol–water partition coefficient (Wildman–Crippen LogP) is 4.35. The summed E-state index contributed by atoms with van der Waals surface area (Å²) in [5.74, 6) is 2.76. The molecule has 0 atom stereocenters. The molecular weight excluding hydrogens is 306 g/mol. The summed E-state index contributed by atoms with van der Waals surface area (Å²) in [7, 11) is 0. The Morgan fingerprint density at radius 1 is 1.04 bits per heavy atom. The summed E-state index contributed by atoms with van der Waals surface area (Å²) >= 11 is 1.70. The number of aromatic nitrogens is 2. The minimum absolute atomic E-state index is 0.624. The quantitative estimate of drug-likeness (QED) is 0.699. The van der Waals surface area contributed by atoms with E-state index in [-0.39, 0.29) is 0 Å². The molecule has 0 unspecified atom stereocenters. The van der Waals surface area contributed by atoms with Crippen LogP contribution in [0.2, 0.25) is 0 Å². The van der Waals surface area contributed by atoms with Crippen LogP contribution in [0, 0.1) is 18.3 Å². The molecule has 0 bridgehead atoms. The van der Waals surface area contributed by atoms with E-state index < -0.39 is 0 Å². The van der Waals surface area contributed by atoms with Gasteiger partial charge in [-0.15, -0.1) is 11.8 Å². The summed E-state index contributed by atoms with van der Waals surface area (Å²) < 4.78 is 5.30. The largest absolute Gasteiger partial charge is 0.338 e. The third-order valence-corrected chi connectivity index (χ3v) is 4.34. The van der Waals surface area contributed by atoms with Crippen LogP contribution >= 0.6 is 11.8 Å². The molecule has 1 aromatic heterocycles. The molecule has 0 aliphatic carbocycles. The van der Waals surface area contributed by atoms with Crippen molar-refractivity contribution in [2.45, 2.75) is 18.4 Å². The van der Waals surface area contributed by atoms with E-state index in [1.165, 1.54) is 11.1 Å². The fraction of sp³-hybridized carbons (Fsp3) is 0.167. The van der Waals surface area contributed by atoms with Crippen molar-refractivity contribution in [2.24, 2.45) is 0 Å². The van der Waals surface area contributed by atoms with Gasteiger partial charge in [-0.05, 0) is 24.6 Å². The van der Waals surface area contributed by atoms with Crippen molar-refractivity contribution in [3.8, 4) is 17.5 Å². The molecular formula is C18H15N3OS. The number of nitrogens with zero attached hydrogens (tertiary/aromatic N) is 3. The number of hydrogen-bond donors (Lipinski definition) is 0. The Morgan fingerprint density at radius 3 is 2.48 bits per heavy atom. The molecule has 0 radical (unpaired) electrons. The van der Waals surface area contributed by atoms with Gasteiger partial charge in [0.1, 0.15) is 0 Å². The summed E-state index contributed by atoms with van der Waals surface area (Å²) in [6, 6.07) is 17.8. The van der Waals surface area contributed by atoms with Crippen molar-refractivity contribution in [3.05, 3.63) is 71.1 Å². The maximum atomic E-state index is 8.78. The van der Waals surface area contributed by atoms with Gasteiger partial charge in [0.25, 0.3) is 0 Å². The fourth-order valence-electron chi connectivity index (χ4n) is 2.07. The molecule has 0 saturated heterocycles. The van der Waals surface area contributed by atoms with Crippen molar-refractivity contribution in [3.63, 3.8) is 0 Å². The second-order valence-electron chi connectivity index (χ2n) is 5.18. The Balaban J connectivity index is 1.56. The molecule has 5 heteroatoms. The maximum absolute atomic E-state index is 8.78. The van der Waals surface area contributed by atoms with Crippen molar-refractivity contribution >= 4 is 11.8 Å². The van der Waals surface area contributed by atoms with E-state index in [2.05, 4.69) is 16.2 Å². The van der Waals surface area contributed by atoms with Crippen LogP contribution in [-0.4, -0.2) is 10.1 Å². The van der Waals surface area contributed by atoms with Crippen LogP contribution in [0.1, 0.15) is 22.6 Å². The summed E-state index contributed by atoms with van der Waals surface area (Å²) in [5, 5.41) is 12.8. The zero-order valence-corrected chi connectivity index (χ0v) is 13.5. The number of hydrogen-bond acceptors (Lipinski definition) is 5. The first-order valence-corrected chi connectivity index (χ1v) is 8.36. The van der Waals surface area contributed by atoms with Crippen LogP contribution in [-0.2, 0) is 11.5 Å². The lowest BCUT2D eigenvalue weighted by Gasteiger charge is -1.99. The van der Waals surface area contributed by atoms with Crippen molar-refractivity contribution in [1.29, 1.82) is 5.26 Å². The van der Waals surface area contributed by atoms with Gasteiger partial charge in [-0.2, -0.15) is 10.2 Å². The highest BCUT2D eigenvalue weighted by Crippen LogP contribution is 2.20. The number of nitriles is 1. The van der Waals surface area contributed by atoms with Gasteiger partial charge < -0.3 is 4.52 Å². The van der Waals surface area contributed by atoms with E-state index in [0.717, 1.165) is 11.3 Å². The summed E-state index contributed by atoms with van der Waals surface area (Å²) in [6.07, 6.45) is 0. The van der Waals surface area contributed by atoms with Crippen molar-refractivity contribution in [1.82, 2.24) is 10.1 Å². The lowest BCUT2D eigenvalue weighted by molar-refractivity contribution is 0.391. The van der Waals surface area contributed by atoms with E-state index >= 15 is 0 Å². The standard InChI is InChI=1S/C18H15N3OS/c1-13-2-8-16(9-3-13)18-20-17(22-21-18)12-23-11-15-6-4-14(10-19)5-7-15/h2-9H,11-12H2,1H3. The molecule has 3 rings (SSSR count). The summed E-state index contributed by atoms with van der Waals surface area (Å²) in [5.41, 5.74) is 4.02. The number of aryl methyl sites for hydroxylation is 1. The minimum atomic E-state index is 0.624. The van der Waals surface area contributed by atoms with Gasteiger partial charge in [0.05, 0.1) is 17.4 Å². The van der Waals surface area contributed by atoms with Crippen LogP contribution in [0.5, 0.6) is 0 Å². The molecule has 0 N–H and O–H groups in total. The Morgan fingerprint density at radius 2 is 1.78 bits per heavy atom. The average Bonchev–Trinajstić information content (AvgIpc) is 3.05. The van der Waals surface area contributed by atoms with E-state index in [0.29, 0.717) is 23.0 Å². The molecule has 114 valence electrons. The highest BCUT2D eigenvalue weighted by Gasteiger charge is 2.08. The number of rotatable bonds is 5. The molecule has 0 saturated carbocycles. The Kier molecular flexibility index (Phi) is 4.74. The van der Waals surface area contributed by atoms with Gasteiger partial charge in [0, 0.05) is 11.3 Å². The molecule has 0 amide bonds. The highest BCUT2D eigenvalue weighted by molar-refractivity contribution is 7.97. The minimum Gasteiger partial charge on any atom is -0.338 e. The topological polar surface area (TPSA) is 62.7 Å². The fourth-order valence-corrected chi connectivity index (χ4v) is 2.89. The number of thioether (sulfide) groups is 1. The predicted molar refractivity (Wildman–Crippen MR) is 90.6 cm³/mol. The second-order valence-corrected chi connectivity index (χ2v) is 6.16. The van der Waals surface area contributed by atoms with Crippen LogP contribution < -0.4 is 0 Å². The van der Waals surface area contributed by atoms with E-state index in [4.69, 9.17) is 9.78 Å². The maximum Gasteiger partial charge on any atom is 0.236 e. The van der Waals surface area contributed by atoms with Gasteiger partial charge >= 0.3 is 0 Å². The molecule has 0 aliphatic heterocycles. The van der Waals surface area contributed by atoms with Crippen molar-refractivity contribution in [2.75, 3.05) is 0 Å². The van der Waals surface area contributed by atoms with Crippen molar-refractivity contribution < 1.29 is 4.52 Å². The summed E-state index contributed by atoms with van der Waals surface area (Å²) in [6.45, 7) is 2.05. The van der Waals surface area contributed by atoms with E-state index in [1.807, 2.05) is 55.5 Å². The summed E-state index contributed by atoms with van der Waals surface area (Å²) in [4.78, 5) is 4.43. The SMILES string of the molecule is Cc1ccc(-c2noc(CSCc3ccc(C#N)cc3)n2)cc1. The number of benzene rings is 2.